The molecule has 3 nitrogen and oxygen atoms in total. The highest BCUT2D eigenvalue weighted by atomic mass is 79.9. The Kier molecular flexibility index (Phi) is 5.65. The molecule has 17 heavy (non-hydrogen) atoms. The summed E-state index contributed by atoms with van der Waals surface area (Å²) in [6.07, 6.45) is 1.36. The first-order valence-electron chi connectivity index (χ1n) is 5.85. The summed E-state index contributed by atoms with van der Waals surface area (Å²) in [5, 5.41) is 2.94. The van der Waals surface area contributed by atoms with E-state index in [1.807, 2.05) is 25.1 Å². The molecule has 1 aromatic rings. The second-order valence-electron chi connectivity index (χ2n) is 4.25. The van der Waals surface area contributed by atoms with E-state index in [2.05, 4.69) is 28.2 Å². The van der Waals surface area contributed by atoms with Gasteiger partial charge in [-0.15, -0.1) is 0 Å². The van der Waals surface area contributed by atoms with E-state index >= 15 is 0 Å². The van der Waals surface area contributed by atoms with Crippen LogP contribution >= 0.6 is 15.9 Å². The minimum atomic E-state index is 0.0278. The van der Waals surface area contributed by atoms with E-state index in [0.717, 1.165) is 22.1 Å². The van der Waals surface area contributed by atoms with E-state index in [9.17, 15) is 4.79 Å². The monoisotopic (exact) mass is 298 g/mol. The number of nitrogens with two attached hydrogens (primary N) is 1. The number of hydrogen-bond acceptors (Lipinski definition) is 2. The molecule has 0 fully saturated rings. The van der Waals surface area contributed by atoms with Gasteiger partial charge in [0.1, 0.15) is 0 Å². The Labute approximate surface area is 111 Å². The third-order valence-corrected chi connectivity index (χ3v) is 3.15. The lowest BCUT2D eigenvalue weighted by atomic mass is 10.1. The van der Waals surface area contributed by atoms with Gasteiger partial charge in [0.05, 0.1) is 0 Å². The summed E-state index contributed by atoms with van der Waals surface area (Å²) in [7, 11) is 0. The van der Waals surface area contributed by atoms with Gasteiger partial charge in [0.25, 0.3) is 0 Å². The molecule has 0 aromatic heterocycles. The largest absolute Gasteiger partial charge is 0.330 e. The number of aryl methyl sites for hydroxylation is 1. The molecule has 0 radical (unpaired) electrons. The molecule has 3 N–H and O–H groups in total. The van der Waals surface area contributed by atoms with Crippen LogP contribution in [0.5, 0.6) is 0 Å². The number of carbonyl (C=O) groups is 1. The summed E-state index contributed by atoms with van der Waals surface area (Å²) in [6, 6.07) is 5.89. The molecule has 1 amide bonds. The Bertz CT molecular complexity index is 393. The van der Waals surface area contributed by atoms with E-state index in [1.54, 1.807) is 0 Å². The topological polar surface area (TPSA) is 55.1 Å². The molecule has 0 aliphatic heterocycles. The Morgan fingerprint density at radius 2 is 2.24 bits per heavy atom. The molecule has 0 aliphatic rings. The van der Waals surface area contributed by atoms with Crippen LogP contribution in [0.1, 0.15) is 25.8 Å². The molecule has 1 rings (SSSR count). The molecule has 0 bridgehead atoms. The van der Waals surface area contributed by atoms with E-state index < -0.39 is 0 Å². The maximum absolute atomic E-state index is 11.8. The van der Waals surface area contributed by atoms with Gasteiger partial charge >= 0.3 is 0 Å². The Hall–Kier alpha value is -0.870. The van der Waals surface area contributed by atoms with Gasteiger partial charge in [-0.25, -0.2) is 0 Å². The lowest BCUT2D eigenvalue weighted by molar-refractivity contribution is -0.116. The molecule has 0 heterocycles. The number of anilines is 1. The van der Waals surface area contributed by atoms with Gasteiger partial charge in [-0.1, -0.05) is 29.8 Å². The van der Waals surface area contributed by atoms with E-state index in [-0.39, 0.29) is 11.8 Å². The summed E-state index contributed by atoms with van der Waals surface area (Å²) >= 11 is 3.43. The molecule has 4 heteroatoms. The summed E-state index contributed by atoms with van der Waals surface area (Å²) < 4.78 is 1.03. The van der Waals surface area contributed by atoms with Crippen LogP contribution in [0.4, 0.5) is 5.69 Å². The highest BCUT2D eigenvalue weighted by Crippen LogP contribution is 2.22. The van der Waals surface area contributed by atoms with Crippen LogP contribution in [0.3, 0.4) is 0 Å². The zero-order valence-corrected chi connectivity index (χ0v) is 11.9. The van der Waals surface area contributed by atoms with Crippen LogP contribution in [0, 0.1) is 5.92 Å². The van der Waals surface area contributed by atoms with Gasteiger partial charge in [-0.05, 0) is 42.6 Å². The van der Waals surface area contributed by atoms with Crippen molar-refractivity contribution in [2.24, 2.45) is 11.7 Å². The van der Waals surface area contributed by atoms with Crippen LogP contribution in [0.2, 0.25) is 0 Å². The van der Waals surface area contributed by atoms with Crippen LogP contribution in [-0.4, -0.2) is 12.5 Å². The second kappa shape index (κ2) is 6.77. The van der Waals surface area contributed by atoms with Crippen molar-refractivity contribution in [1.82, 2.24) is 0 Å². The van der Waals surface area contributed by atoms with Crippen LogP contribution < -0.4 is 11.1 Å². The molecule has 1 atom stereocenters. The maximum atomic E-state index is 11.8. The molecule has 0 spiro atoms. The first kappa shape index (κ1) is 14.2. The number of halogens is 1. The fraction of sp³-hybridized carbons (Fsp3) is 0.462. The average Bonchev–Trinajstić information content (AvgIpc) is 2.31. The summed E-state index contributed by atoms with van der Waals surface area (Å²) in [5.74, 6) is 0.246. The van der Waals surface area contributed by atoms with Crippen molar-refractivity contribution in [2.75, 3.05) is 11.9 Å². The minimum absolute atomic E-state index is 0.0278. The predicted molar refractivity (Wildman–Crippen MR) is 75.0 cm³/mol. The molecule has 1 aromatic carbocycles. The van der Waals surface area contributed by atoms with E-state index in [4.69, 9.17) is 5.73 Å². The van der Waals surface area contributed by atoms with Crippen molar-refractivity contribution in [3.8, 4) is 0 Å². The number of rotatable bonds is 5. The van der Waals surface area contributed by atoms with Gasteiger partial charge < -0.3 is 11.1 Å². The van der Waals surface area contributed by atoms with Gasteiger partial charge in [-0.3, -0.25) is 4.79 Å². The smallest absolute Gasteiger partial charge is 0.224 e. The van der Waals surface area contributed by atoms with Gasteiger partial charge in [-0.2, -0.15) is 0 Å². The quantitative estimate of drug-likeness (QED) is 0.878. The molecular formula is C13H19BrN2O. The first-order valence-corrected chi connectivity index (χ1v) is 6.64. The molecule has 1 unspecified atom stereocenters. The number of carbonyl (C=O) groups excluding carboxylic acids is 1. The van der Waals surface area contributed by atoms with Crippen molar-refractivity contribution in [3.63, 3.8) is 0 Å². The number of amides is 1. The molecule has 94 valence electrons. The lowest BCUT2D eigenvalue weighted by Crippen LogP contribution is -2.20. The van der Waals surface area contributed by atoms with Crippen LogP contribution in [0.15, 0.2) is 22.7 Å². The predicted octanol–water partition coefficient (Wildman–Crippen LogP) is 2.93. The molecule has 0 saturated carbocycles. The van der Waals surface area contributed by atoms with Crippen LogP contribution in [-0.2, 0) is 11.2 Å². The zero-order chi connectivity index (χ0) is 12.8. The number of hydrogen-bond donors (Lipinski definition) is 2. The summed E-state index contributed by atoms with van der Waals surface area (Å²) in [4.78, 5) is 11.8. The van der Waals surface area contributed by atoms with Gasteiger partial charge in [0.15, 0.2) is 0 Å². The van der Waals surface area contributed by atoms with Crippen molar-refractivity contribution in [1.29, 1.82) is 0 Å². The normalized spacial score (nSPS) is 12.2. The Morgan fingerprint density at radius 3 is 2.82 bits per heavy atom. The zero-order valence-electron chi connectivity index (χ0n) is 10.3. The van der Waals surface area contributed by atoms with Crippen molar-refractivity contribution < 1.29 is 4.79 Å². The van der Waals surface area contributed by atoms with Gasteiger partial charge in [0.2, 0.25) is 5.91 Å². The third-order valence-electron chi connectivity index (χ3n) is 2.66. The first-order chi connectivity index (χ1) is 8.06. The molecule has 0 saturated heterocycles. The Balaban J connectivity index is 2.71. The van der Waals surface area contributed by atoms with Crippen molar-refractivity contribution in [2.45, 2.75) is 26.7 Å². The van der Waals surface area contributed by atoms with E-state index in [1.165, 1.54) is 0 Å². The van der Waals surface area contributed by atoms with Crippen molar-refractivity contribution in [3.05, 3.63) is 28.2 Å². The van der Waals surface area contributed by atoms with Gasteiger partial charge in [0, 0.05) is 16.6 Å². The molecule has 0 aliphatic carbocycles. The lowest BCUT2D eigenvalue weighted by Gasteiger charge is -2.12. The summed E-state index contributed by atoms with van der Waals surface area (Å²) in [6.45, 7) is 4.58. The second-order valence-corrected chi connectivity index (χ2v) is 5.16. The van der Waals surface area contributed by atoms with Crippen LogP contribution in [0.25, 0.3) is 0 Å². The van der Waals surface area contributed by atoms with Crippen molar-refractivity contribution >= 4 is 27.5 Å². The highest BCUT2D eigenvalue weighted by Gasteiger charge is 2.09. The third kappa shape index (κ3) is 4.48. The fourth-order valence-corrected chi connectivity index (χ4v) is 1.99. The average molecular weight is 299 g/mol. The highest BCUT2D eigenvalue weighted by molar-refractivity contribution is 9.10. The molecular weight excluding hydrogens is 280 g/mol. The summed E-state index contributed by atoms with van der Waals surface area (Å²) in [5.41, 5.74) is 7.53. The van der Waals surface area contributed by atoms with E-state index in [0.29, 0.717) is 13.0 Å². The fourth-order valence-electron chi connectivity index (χ4n) is 1.58. The number of nitrogens with one attached hydrogen (secondary N) is 1. The standard InChI is InChI=1S/C13H19BrN2O/c1-3-10-7-11(14)4-5-12(10)16-13(17)6-9(2)8-15/h4-5,7,9H,3,6,8,15H2,1-2H3,(H,16,17). The maximum Gasteiger partial charge on any atom is 0.224 e. The SMILES string of the molecule is CCc1cc(Br)ccc1NC(=O)CC(C)CN. The number of benzene rings is 1. The minimum Gasteiger partial charge on any atom is -0.330 e. The Morgan fingerprint density at radius 1 is 1.53 bits per heavy atom.